The van der Waals surface area contributed by atoms with Crippen LogP contribution in [0.2, 0.25) is 0 Å². The molecule has 2 aromatic heterocycles. The SMILES string of the molecule is CC[C@H]1C(=O)NCCN1C(=O)CCc1nnc(Cc2c[nH]c3ccccc23)o1. The molecule has 1 aliphatic rings. The highest BCUT2D eigenvalue weighted by Gasteiger charge is 2.31. The van der Waals surface area contributed by atoms with Crippen LogP contribution < -0.4 is 5.32 Å². The van der Waals surface area contributed by atoms with Gasteiger partial charge in [-0.05, 0) is 18.1 Å². The molecule has 0 radical (unpaired) electrons. The van der Waals surface area contributed by atoms with Gasteiger partial charge in [0, 0.05) is 43.0 Å². The van der Waals surface area contributed by atoms with Crippen molar-refractivity contribution in [3.63, 3.8) is 0 Å². The van der Waals surface area contributed by atoms with E-state index in [1.807, 2.05) is 31.3 Å². The minimum Gasteiger partial charge on any atom is -0.425 e. The number of hydrogen-bond donors (Lipinski definition) is 2. The lowest BCUT2D eigenvalue weighted by atomic mass is 10.1. The summed E-state index contributed by atoms with van der Waals surface area (Å²) >= 11 is 0. The Morgan fingerprint density at radius 2 is 2.11 bits per heavy atom. The van der Waals surface area contributed by atoms with Crippen LogP contribution in [0, 0.1) is 0 Å². The van der Waals surface area contributed by atoms with E-state index >= 15 is 0 Å². The molecule has 1 saturated heterocycles. The number of hydrogen-bond acceptors (Lipinski definition) is 5. The number of nitrogens with one attached hydrogen (secondary N) is 2. The summed E-state index contributed by atoms with van der Waals surface area (Å²) in [6, 6.07) is 7.67. The lowest BCUT2D eigenvalue weighted by molar-refractivity contribution is -0.143. The van der Waals surface area contributed by atoms with E-state index in [0.29, 0.717) is 44.1 Å². The van der Waals surface area contributed by atoms with Gasteiger partial charge >= 0.3 is 0 Å². The van der Waals surface area contributed by atoms with Gasteiger partial charge in [0.25, 0.3) is 0 Å². The highest BCUT2D eigenvalue weighted by atomic mass is 16.4. The van der Waals surface area contributed by atoms with Crippen molar-refractivity contribution in [3.05, 3.63) is 47.8 Å². The van der Waals surface area contributed by atoms with Crippen LogP contribution in [-0.2, 0) is 22.4 Å². The first-order chi connectivity index (χ1) is 13.7. The van der Waals surface area contributed by atoms with E-state index in [1.165, 1.54) is 0 Å². The molecule has 1 fully saturated rings. The number of piperazine rings is 1. The van der Waals surface area contributed by atoms with Crippen molar-refractivity contribution < 1.29 is 14.0 Å². The van der Waals surface area contributed by atoms with Gasteiger partial charge in [0.05, 0.1) is 6.42 Å². The lowest BCUT2D eigenvalue weighted by Crippen LogP contribution is -2.56. The van der Waals surface area contributed by atoms with Crippen molar-refractivity contribution in [2.75, 3.05) is 13.1 Å². The van der Waals surface area contributed by atoms with E-state index in [4.69, 9.17) is 4.42 Å². The number of rotatable bonds is 6. The molecule has 0 saturated carbocycles. The number of aryl methyl sites for hydroxylation is 1. The number of H-pyrrole nitrogens is 1. The van der Waals surface area contributed by atoms with Crippen LogP contribution in [0.1, 0.15) is 37.1 Å². The van der Waals surface area contributed by atoms with Gasteiger partial charge in [-0.2, -0.15) is 0 Å². The Labute approximate surface area is 162 Å². The second-order valence-electron chi connectivity index (χ2n) is 6.93. The molecule has 28 heavy (non-hydrogen) atoms. The van der Waals surface area contributed by atoms with Crippen molar-refractivity contribution in [2.45, 2.75) is 38.6 Å². The maximum Gasteiger partial charge on any atom is 0.242 e. The number of carbonyl (C=O) groups excluding carboxylic acids is 2. The fraction of sp³-hybridized carbons (Fsp3) is 0.400. The Hall–Kier alpha value is -3.16. The molecular formula is C20H23N5O3. The van der Waals surface area contributed by atoms with E-state index in [0.717, 1.165) is 16.5 Å². The van der Waals surface area contributed by atoms with Crippen LogP contribution in [0.15, 0.2) is 34.9 Å². The molecule has 0 bridgehead atoms. The van der Waals surface area contributed by atoms with Crippen LogP contribution in [-0.4, -0.2) is 51.0 Å². The molecule has 4 rings (SSSR count). The van der Waals surface area contributed by atoms with Crippen molar-refractivity contribution in [1.82, 2.24) is 25.4 Å². The molecule has 2 N–H and O–H groups in total. The maximum atomic E-state index is 12.5. The zero-order valence-electron chi connectivity index (χ0n) is 15.8. The summed E-state index contributed by atoms with van der Waals surface area (Å²) in [6.07, 6.45) is 3.71. The molecule has 1 aromatic carbocycles. The van der Waals surface area contributed by atoms with Gasteiger partial charge in [-0.1, -0.05) is 25.1 Å². The maximum absolute atomic E-state index is 12.5. The van der Waals surface area contributed by atoms with Gasteiger partial charge in [-0.15, -0.1) is 10.2 Å². The second kappa shape index (κ2) is 7.84. The van der Waals surface area contributed by atoms with E-state index in [-0.39, 0.29) is 24.3 Å². The fourth-order valence-electron chi connectivity index (χ4n) is 3.68. The van der Waals surface area contributed by atoms with Crippen LogP contribution in [0.25, 0.3) is 10.9 Å². The molecule has 0 aliphatic carbocycles. The predicted octanol–water partition coefficient (Wildman–Crippen LogP) is 1.81. The topological polar surface area (TPSA) is 104 Å². The first kappa shape index (κ1) is 18.2. The number of para-hydroxylation sites is 1. The summed E-state index contributed by atoms with van der Waals surface area (Å²) in [5.74, 6) is 0.827. The number of benzene rings is 1. The Morgan fingerprint density at radius 3 is 2.96 bits per heavy atom. The zero-order chi connectivity index (χ0) is 19.5. The Balaban J connectivity index is 1.37. The third-order valence-electron chi connectivity index (χ3n) is 5.12. The zero-order valence-corrected chi connectivity index (χ0v) is 15.8. The van der Waals surface area contributed by atoms with E-state index in [2.05, 4.69) is 26.6 Å². The van der Waals surface area contributed by atoms with Crippen LogP contribution in [0.3, 0.4) is 0 Å². The normalized spacial score (nSPS) is 17.1. The average Bonchev–Trinajstić information content (AvgIpc) is 3.33. The summed E-state index contributed by atoms with van der Waals surface area (Å²) in [7, 11) is 0. The van der Waals surface area contributed by atoms with Crippen molar-refractivity contribution in [1.29, 1.82) is 0 Å². The summed E-state index contributed by atoms with van der Waals surface area (Å²) in [6.45, 7) is 2.94. The predicted molar refractivity (Wildman–Crippen MR) is 103 cm³/mol. The highest BCUT2D eigenvalue weighted by molar-refractivity contribution is 5.88. The molecule has 2 amide bonds. The van der Waals surface area contributed by atoms with Crippen LogP contribution in [0.4, 0.5) is 0 Å². The van der Waals surface area contributed by atoms with Crippen LogP contribution >= 0.6 is 0 Å². The Bertz CT molecular complexity index is 993. The molecule has 8 heteroatoms. The summed E-state index contributed by atoms with van der Waals surface area (Å²) in [4.78, 5) is 29.3. The van der Waals surface area contributed by atoms with E-state index in [9.17, 15) is 9.59 Å². The molecule has 1 atom stereocenters. The van der Waals surface area contributed by atoms with Gasteiger partial charge < -0.3 is 19.6 Å². The first-order valence-electron chi connectivity index (χ1n) is 9.59. The summed E-state index contributed by atoms with van der Waals surface area (Å²) in [5, 5.41) is 12.1. The first-order valence-corrected chi connectivity index (χ1v) is 9.59. The molecule has 0 unspecified atom stereocenters. The largest absolute Gasteiger partial charge is 0.425 e. The smallest absolute Gasteiger partial charge is 0.242 e. The molecule has 1 aliphatic heterocycles. The minimum atomic E-state index is -0.388. The highest BCUT2D eigenvalue weighted by Crippen LogP contribution is 2.20. The molecule has 0 spiro atoms. The van der Waals surface area contributed by atoms with E-state index < -0.39 is 0 Å². The molecule has 3 heterocycles. The summed E-state index contributed by atoms with van der Waals surface area (Å²) in [5.41, 5.74) is 2.16. The van der Waals surface area contributed by atoms with Crippen molar-refractivity contribution in [2.24, 2.45) is 0 Å². The summed E-state index contributed by atoms with van der Waals surface area (Å²) < 4.78 is 5.73. The number of amides is 2. The fourth-order valence-corrected chi connectivity index (χ4v) is 3.68. The quantitative estimate of drug-likeness (QED) is 0.678. The lowest BCUT2D eigenvalue weighted by Gasteiger charge is -2.34. The minimum absolute atomic E-state index is 0.0573. The molecule has 3 aromatic rings. The van der Waals surface area contributed by atoms with Crippen molar-refractivity contribution >= 4 is 22.7 Å². The van der Waals surface area contributed by atoms with E-state index in [1.54, 1.807) is 4.90 Å². The number of aromatic nitrogens is 3. The number of fused-ring (bicyclic) bond motifs is 1. The third-order valence-corrected chi connectivity index (χ3v) is 5.12. The average molecular weight is 381 g/mol. The van der Waals surface area contributed by atoms with Crippen molar-refractivity contribution in [3.8, 4) is 0 Å². The molecule has 146 valence electrons. The third kappa shape index (κ3) is 3.62. The van der Waals surface area contributed by atoms with Gasteiger partial charge in [0.15, 0.2) is 0 Å². The molecule has 8 nitrogen and oxygen atoms in total. The number of nitrogens with zero attached hydrogens (tertiary/aromatic N) is 3. The number of aromatic amines is 1. The second-order valence-corrected chi connectivity index (χ2v) is 6.93. The Morgan fingerprint density at radius 1 is 1.29 bits per heavy atom. The Kier molecular flexibility index (Phi) is 5.10. The van der Waals surface area contributed by atoms with Gasteiger partial charge in [-0.25, -0.2) is 0 Å². The standard InChI is InChI=1S/C20H23N5O3/c1-2-16-20(27)21-9-10-25(16)19(26)8-7-17-23-24-18(28-17)11-13-12-22-15-6-4-3-5-14(13)15/h3-6,12,16,22H,2,7-11H2,1H3,(H,21,27)/t16-/m0/s1. The van der Waals surface area contributed by atoms with Crippen LogP contribution in [0.5, 0.6) is 0 Å². The van der Waals surface area contributed by atoms with Gasteiger partial charge in [-0.3, -0.25) is 9.59 Å². The number of carbonyl (C=O) groups is 2. The molecular weight excluding hydrogens is 358 g/mol. The monoisotopic (exact) mass is 381 g/mol. The van der Waals surface area contributed by atoms with Gasteiger partial charge in [0.2, 0.25) is 23.6 Å². The van der Waals surface area contributed by atoms with Gasteiger partial charge in [0.1, 0.15) is 6.04 Å².